The molecule has 1 aromatic rings. The van der Waals surface area contributed by atoms with Crippen molar-refractivity contribution in [3.63, 3.8) is 0 Å². The minimum Gasteiger partial charge on any atom is -0.354 e. The van der Waals surface area contributed by atoms with E-state index in [0.717, 1.165) is 77.5 Å². The van der Waals surface area contributed by atoms with Crippen LogP contribution in [0.15, 0.2) is 0 Å². The third-order valence-electron chi connectivity index (χ3n) is 4.80. The Morgan fingerprint density at radius 3 is 1.11 bits per heavy atom. The second-order valence-electron chi connectivity index (χ2n) is 7.18. The number of aromatic nitrogens is 2. The molecular formula is C22H36N6. The highest BCUT2D eigenvalue weighted by Gasteiger charge is 2.21. The highest BCUT2D eigenvalue weighted by molar-refractivity contribution is 5.60. The first-order chi connectivity index (χ1) is 13.7. The fourth-order valence-corrected chi connectivity index (χ4v) is 3.05. The summed E-state index contributed by atoms with van der Waals surface area (Å²) in [5.41, 5.74) is 0.665. The van der Waals surface area contributed by atoms with Gasteiger partial charge in [0.15, 0.2) is 23.0 Å². The van der Waals surface area contributed by atoms with Crippen LogP contribution < -0.4 is 9.80 Å². The molecule has 6 heteroatoms. The first-order valence-corrected chi connectivity index (χ1v) is 10.9. The van der Waals surface area contributed by atoms with Gasteiger partial charge in [-0.2, -0.15) is 10.5 Å². The standard InChI is InChI=1S/C22H36N6/c1-5-9-13-27(14-10-6-2)21-19(17-23)26-22(20(18-24)25-21)28(15-11-7-3)16-12-8-4/h5-16H2,1-4H3. The van der Waals surface area contributed by atoms with E-state index in [4.69, 9.17) is 0 Å². The van der Waals surface area contributed by atoms with Gasteiger partial charge in [0.05, 0.1) is 0 Å². The molecule has 0 saturated heterocycles. The van der Waals surface area contributed by atoms with Crippen LogP contribution in [0, 0.1) is 22.7 Å². The van der Waals surface area contributed by atoms with E-state index in [1.54, 1.807) is 0 Å². The zero-order chi connectivity index (χ0) is 20.8. The van der Waals surface area contributed by atoms with Gasteiger partial charge in [-0.25, -0.2) is 9.97 Å². The summed E-state index contributed by atoms with van der Waals surface area (Å²) in [6.07, 6.45) is 8.40. The molecule has 154 valence electrons. The minimum atomic E-state index is 0.333. The van der Waals surface area contributed by atoms with E-state index in [0.29, 0.717) is 23.0 Å². The van der Waals surface area contributed by atoms with Crippen molar-refractivity contribution in [2.45, 2.75) is 79.1 Å². The molecule has 1 heterocycles. The molecule has 1 aromatic heterocycles. The van der Waals surface area contributed by atoms with Gasteiger partial charge in [0, 0.05) is 26.2 Å². The molecule has 0 aromatic carbocycles. The summed E-state index contributed by atoms with van der Waals surface area (Å²) in [5, 5.41) is 19.5. The van der Waals surface area contributed by atoms with Gasteiger partial charge in [-0.1, -0.05) is 53.4 Å². The van der Waals surface area contributed by atoms with Crippen molar-refractivity contribution in [2.24, 2.45) is 0 Å². The number of unbranched alkanes of at least 4 members (excludes halogenated alkanes) is 4. The van der Waals surface area contributed by atoms with Gasteiger partial charge in [-0.05, 0) is 25.7 Å². The van der Waals surface area contributed by atoms with Gasteiger partial charge < -0.3 is 9.80 Å². The summed E-state index contributed by atoms with van der Waals surface area (Å²) >= 11 is 0. The van der Waals surface area contributed by atoms with E-state index in [-0.39, 0.29) is 0 Å². The minimum absolute atomic E-state index is 0.333. The molecule has 28 heavy (non-hydrogen) atoms. The zero-order valence-corrected chi connectivity index (χ0v) is 18.2. The van der Waals surface area contributed by atoms with Crippen molar-refractivity contribution in [3.8, 4) is 12.1 Å². The Morgan fingerprint density at radius 2 is 0.893 bits per heavy atom. The lowest BCUT2D eigenvalue weighted by Crippen LogP contribution is -2.31. The number of rotatable bonds is 14. The zero-order valence-electron chi connectivity index (χ0n) is 18.2. The molecule has 0 aliphatic heterocycles. The average Bonchev–Trinajstić information content (AvgIpc) is 2.73. The SMILES string of the molecule is CCCCN(CCCC)c1nc(C#N)c(N(CCCC)CCCC)nc1C#N. The second kappa shape index (κ2) is 13.8. The normalized spacial score (nSPS) is 10.4. The van der Waals surface area contributed by atoms with Gasteiger partial charge >= 0.3 is 0 Å². The third kappa shape index (κ3) is 7.00. The van der Waals surface area contributed by atoms with Crippen LogP contribution in [-0.2, 0) is 0 Å². The summed E-state index contributed by atoms with van der Waals surface area (Å²) in [5.74, 6) is 1.13. The Kier molecular flexibility index (Phi) is 11.7. The first kappa shape index (κ1) is 23.7. The Bertz CT molecular complexity index is 584. The van der Waals surface area contributed by atoms with Gasteiger partial charge in [-0.3, -0.25) is 0 Å². The Balaban J connectivity index is 3.34. The number of hydrogen-bond acceptors (Lipinski definition) is 6. The van der Waals surface area contributed by atoms with E-state index < -0.39 is 0 Å². The first-order valence-electron chi connectivity index (χ1n) is 10.9. The van der Waals surface area contributed by atoms with Gasteiger partial charge in [0.1, 0.15) is 12.1 Å². The van der Waals surface area contributed by atoms with Crippen molar-refractivity contribution in [1.29, 1.82) is 10.5 Å². The lowest BCUT2D eigenvalue weighted by atomic mass is 10.2. The third-order valence-corrected chi connectivity index (χ3v) is 4.80. The molecule has 0 unspecified atom stereocenters. The summed E-state index contributed by atoms with van der Waals surface area (Å²) in [7, 11) is 0. The van der Waals surface area contributed by atoms with Crippen molar-refractivity contribution in [1.82, 2.24) is 9.97 Å². The monoisotopic (exact) mass is 384 g/mol. The van der Waals surface area contributed by atoms with Crippen molar-refractivity contribution < 1.29 is 0 Å². The number of nitrogens with zero attached hydrogens (tertiary/aromatic N) is 6. The molecule has 1 rings (SSSR count). The van der Waals surface area contributed by atoms with Gasteiger partial charge in [0.25, 0.3) is 0 Å². The van der Waals surface area contributed by atoms with E-state index in [1.807, 2.05) is 0 Å². The second-order valence-corrected chi connectivity index (χ2v) is 7.18. The van der Waals surface area contributed by atoms with Crippen molar-refractivity contribution in [2.75, 3.05) is 36.0 Å². The maximum Gasteiger partial charge on any atom is 0.185 e. The molecule has 0 spiro atoms. The van der Waals surface area contributed by atoms with Crippen LogP contribution in [0.1, 0.15) is 90.4 Å². The van der Waals surface area contributed by atoms with Gasteiger partial charge in [0.2, 0.25) is 0 Å². The van der Waals surface area contributed by atoms with Crippen LogP contribution in [0.5, 0.6) is 0 Å². The van der Waals surface area contributed by atoms with Crippen molar-refractivity contribution in [3.05, 3.63) is 11.4 Å². The lowest BCUT2D eigenvalue weighted by molar-refractivity contribution is 0.659. The molecule has 6 nitrogen and oxygen atoms in total. The maximum absolute atomic E-state index is 9.76. The lowest BCUT2D eigenvalue weighted by Gasteiger charge is -2.27. The smallest absolute Gasteiger partial charge is 0.185 e. The molecule has 0 fully saturated rings. The molecular weight excluding hydrogens is 348 g/mol. The number of anilines is 2. The van der Waals surface area contributed by atoms with Crippen LogP contribution in [-0.4, -0.2) is 36.1 Å². The molecule has 0 aliphatic carbocycles. The number of hydrogen-bond donors (Lipinski definition) is 0. The molecule has 0 saturated carbocycles. The van der Waals surface area contributed by atoms with E-state index in [9.17, 15) is 10.5 Å². The van der Waals surface area contributed by atoms with Crippen molar-refractivity contribution >= 4 is 11.6 Å². The van der Waals surface area contributed by atoms with Crippen LogP contribution in [0.25, 0.3) is 0 Å². The molecule has 0 radical (unpaired) electrons. The predicted octanol–water partition coefficient (Wildman–Crippen LogP) is 5.03. The summed E-state index contributed by atoms with van der Waals surface area (Å²) in [4.78, 5) is 13.5. The Labute approximate surface area is 171 Å². The maximum atomic E-state index is 9.76. The van der Waals surface area contributed by atoms with Crippen LogP contribution in [0.4, 0.5) is 11.6 Å². The van der Waals surface area contributed by atoms with E-state index >= 15 is 0 Å². The van der Waals surface area contributed by atoms with E-state index in [1.165, 1.54) is 0 Å². The van der Waals surface area contributed by atoms with Crippen LogP contribution in [0.2, 0.25) is 0 Å². The quantitative estimate of drug-likeness (QED) is 0.447. The molecule has 0 bridgehead atoms. The average molecular weight is 385 g/mol. The topological polar surface area (TPSA) is 79.8 Å². The van der Waals surface area contributed by atoms with Crippen LogP contribution >= 0.6 is 0 Å². The summed E-state index contributed by atoms with van der Waals surface area (Å²) < 4.78 is 0. The summed E-state index contributed by atoms with van der Waals surface area (Å²) in [6.45, 7) is 11.9. The molecule has 0 aliphatic rings. The Morgan fingerprint density at radius 1 is 0.607 bits per heavy atom. The Hall–Kier alpha value is -2.34. The molecule has 0 atom stereocenters. The number of nitriles is 2. The predicted molar refractivity (Wildman–Crippen MR) is 116 cm³/mol. The highest BCUT2D eigenvalue weighted by atomic mass is 15.2. The van der Waals surface area contributed by atoms with E-state index in [2.05, 4.69) is 59.6 Å². The molecule has 0 N–H and O–H groups in total. The fourth-order valence-electron chi connectivity index (χ4n) is 3.05. The fraction of sp³-hybridized carbons (Fsp3) is 0.727. The van der Waals surface area contributed by atoms with Crippen LogP contribution in [0.3, 0.4) is 0 Å². The largest absolute Gasteiger partial charge is 0.354 e. The summed E-state index contributed by atoms with van der Waals surface area (Å²) in [6, 6.07) is 4.47. The molecule has 0 amide bonds. The van der Waals surface area contributed by atoms with Gasteiger partial charge in [-0.15, -0.1) is 0 Å². The highest BCUT2D eigenvalue weighted by Crippen LogP contribution is 2.25.